The van der Waals surface area contributed by atoms with Crippen molar-refractivity contribution in [2.24, 2.45) is 0 Å². The van der Waals surface area contributed by atoms with Crippen molar-refractivity contribution in [1.82, 2.24) is 15.3 Å². The van der Waals surface area contributed by atoms with E-state index in [-0.39, 0.29) is 19.0 Å². The zero-order valence-corrected chi connectivity index (χ0v) is 12.5. The number of hydroxylamine groups is 2. The second kappa shape index (κ2) is 6.16. The number of carbonyl (C=O) groups is 2. The number of fused-ring (bicyclic) bond motifs is 2. The number of piperidine rings is 1. The quantitative estimate of drug-likeness (QED) is 0.322. The first-order valence-corrected chi connectivity index (χ1v) is 7.73. The predicted molar refractivity (Wildman–Crippen MR) is 71.1 cm³/mol. The third kappa shape index (κ3) is 3.52. The second-order valence-corrected chi connectivity index (χ2v) is 5.91. The molecule has 2 aliphatic heterocycles. The zero-order chi connectivity index (χ0) is 16.5. The van der Waals surface area contributed by atoms with Crippen LogP contribution in [-0.2, 0) is 24.2 Å². The minimum atomic E-state index is -4.80. The lowest BCUT2D eigenvalue weighted by molar-refractivity contribution is -0.123. The Labute approximate surface area is 126 Å². The molecular formula is C10H16N4O7S. The van der Waals surface area contributed by atoms with Crippen LogP contribution in [-0.4, -0.2) is 73.1 Å². The molecule has 0 radical (unpaired) electrons. The SMILES string of the molecule is COCC(=O)NC(=N)[C@@H]1CC[C@@H]2CN1C(=O)N2OS(=O)(=O)O. The summed E-state index contributed by atoms with van der Waals surface area (Å²) in [4.78, 5) is 24.7. The predicted octanol–water partition coefficient (Wildman–Crippen LogP) is -1.27. The summed E-state index contributed by atoms with van der Waals surface area (Å²) in [6.45, 7) is -0.0782. The molecule has 2 fully saturated rings. The largest absolute Gasteiger partial charge is 0.418 e. The number of carbonyl (C=O) groups excluding carboxylic acids is 2. The summed E-state index contributed by atoms with van der Waals surface area (Å²) in [5, 5.41) is 10.8. The number of amidine groups is 1. The highest BCUT2D eigenvalue weighted by Gasteiger charge is 2.48. The number of ether oxygens (including phenoxy) is 1. The Morgan fingerprint density at radius 2 is 2.18 bits per heavy atom. The summed E-state index contributed by atoms with van der Waals surface area (Å²) in [6, 6.07) is -2.01. The highest BCUT2D eigenvalue weighted by atomic mass is 32.3. The van der Waals surface area contributed by atoms with Crippen LogP contribution in [0.4, 0.5) is 4.79 Å². The lowest BCUT2D eigenvalue weighted by Gasteiger charge is -2.30. The molecule has 3 amide bonds. The molecule has 2 heterocycles. The first-order chi connectivity index (χ1) is 10.2. The summed E-state index contributed by atoms with van der Waals surface area (Å²) in [7, 11) is -3.47. The fourth-order valence-electron chi connectivity index (χ4n) is 2.53. The Balaban J connectivity index is 2.06. The molecule has 0 spiro atoms. The minimum Gasteiger partial charge on any atom is -0.375 e. The van der Waals surface area contributed by atoms with Crippen molar-refractivity contribution >= 4 is 28.2 Å². The average molecular weight is 336 g/mol. The van der Waals surface area contributed by atoms with Gasteiger partial charge < -0.3 is 15.0 Å². The Bertz CT molecular complexity index is 592. The standard InChI is InChI=1S/C10H16N4O7S/c1-20-5-8(15)12-9(11)7-3-2-6-4-13(7)10(16)14(6)21-22(17,18)19/h6-7H,2-5H2,1H3,(H2,11,12,15)(H,17,18,19)/t6-,7+/m1/s1. The topological polar surface area (TPSA) is 149 Å². The van der Waals surface area contributed by atoms with E-state index in [2.05, 4.69) is 14.3 Å². The maximum Gasteiger partial charge on any atom is 0.418 e. The van der Waals surface area contributed by atoms with Crippen LogP contribution in [0.2, 0.25) is 0 Å². The van der Waals surface area contributed by atoms with Crippen LogP contribution >= 0.6 is 0 Å². The van der Waals surface area contributed by atoms with E-state index >= 15 is 0 Å². The zero-order valence-electron chi connectivity index (χ0n) is 11.7. The van der Waals surface area contributed by atoms with Crippen molar-refractivity contribution in [3.05, 3.63) is 0 Å². The number of methoxy groups -OCH3 is 1. The van der Waals surface area contributed by atoms with Crippen molar-refractivity contribution in [2.75, 3.05) is 20.3 Å². The van der Waals surface area contributed by atoms with Gasteiger partial charge in [0.25, 0.3) is 5.91 Å². The Kier molecular flexibility index (Phi) is 4.65. The fraction of sp³-hybridized carbons (Fsp3) is 0.700. The second-order valence-electron chi connectivity index (χ2n) is 4.90. The van der Waals surface area contributed by atoms with E-state index in [9.17, 15) is 18.0 Å². The van der Waals surface area contributed by atoms with Gasteiger partial charge in [-0.05, 0) is 12.8 Å². The molecular weight excluding hydrogens is 320 g/mol. The molecule has 0 aromatic rings. The van der Waals surface area contributed by atoms with Crippen LogP contribution < -0.4 is 5.32 Å². The van der Waals surface area contributed by atoms with Crippen LogP contribution in [0, 0.1) is 5.41 Å². The van der Waals surface area contributed by atoms with E-state index in [0.717, 1.165) is 0 Å². The van der Waals surface area contributed by atoms with E-state index in [4.69, 9.17) is 9.96 Å². The summed E-state index contributed by atoms with van der Waals surface area (Å²) in [5.74, 6) is -0.699. The van der Waals surface area contributed by atoms with Crippen molar-refractivity contribution < 1.29 is 31.6 Å². The highest BCUT2D eigenvalue weighted by molar-refractivity contribution is 7.80. The maximum atomic E-state index is 12.1. The molecule has 0 aliphatic carbocycles. The summed E-state index contributed by atoms with van der Waals surface area (Å²) >= 11 is 0. The van der Waals surface area contributed by atoms with E-state index in [1.165, 1.54) is 12.0 Å². The van der Waals surface area contributed by atoms with Gasteiger partial charge in [-0.1, -0.05) is 0 Å². The average Bonchev–Trinajstić information content (AvgIpc) is 2.63. The van der Waals surface area contributed by atoms with Crippen LogP contribution in [0.25, 0.3) is 0 Å². The third-order valence-corrected chi connectivity index (χ3v) is 3.73. The molecule has 22 heavy (non-hydrogen) atoms. The van der Waals surface area contributed by atoms with Gasteiger partial charge in [0.15, 0.2) is 0 Å². The molecule has 0 saturated carbocycles. The Hall–Kier alpha value is -1.76. The summed E-state index contributed by atoms with van der Waals surface area (Å²) in [5.41, 5.74) is 0. The smallest absolute Gasteiger partial charge is 0.375 e. The van der Waals surface area contributed by atoms with Gasteiger partial charge in [-0.25, -0.2) is 4.79 Å². The van der Waals surface area contributed by atoms with Gasteiger partial charge in [0, 0.05) is 13.7 Å². The van der Waals surface area contributed by atoms with Gasteiger partial charge in [-0.3, -0.25) is 14.8 Å². The van der Waals surface area contributed by atoms with Crippen molar-refractivity contribution in [3.8, 4) is 0 Å². The van der Waals surface area contributed by atoms with Gasteiger partial charge in [0.1, 0.15) is 12.4 Å². The molecule has 2 atom stereocenters. The van der Waals surface area contributed by atoms with E-state index < -0.39 is 34.4 Å². The number of nitrogens with zero attached hydrogens (tertiary/aromatic N) is 2. The molecule has 12 heteroatoms. The van der Waals surface area contributed by atoms with Crippen LogP contribution in [0.5, 0.6) is 0 Å². The molecule has 2 saturated heterocycles. The number of rotatable bonds is 5. The van der Waals surface area contributed by atoms with E-state index in [1.807, 2.05) is 0 Å². The first-order valence-electron chi connectivity index (χ1n) is 6.37. The molecule has 11 nitrogen and oxygen atoms in total. The monoisotopic (exact) mass is 336 g/mol. The lowest BCUT2D eigenvalue weighted by Crippen LogP contribution is -2.51. The molecule has 2 aliphatic rings. The number of hydrogen-bond donors (Lipinski definition) is 3. The fourth-order valence-corrected chi connectivity index (χ4v) is 2.92. The maximum absolute atomic E-state index is 12.1. The van der Waals surface area contributed by atoms with Crippen LogP contribution in [0.3, 0.4) is 0 Å². The molecule has 0 aromatic heterocycles. The molecule has 3 N–H and O–H groups in total. The summed E-state index contributed by atoms with van der Waals surface area (Å²) < 4.78 is 39.1. The molecule has 0 unspecified atom stereocenters. The van der Waals surface area contributed by atoms with Crippen molar-refractivity contribution in [1.29, 1.82) is 5.41 Å². The lowest BCUT2D eigenvalue weighted by atomic mass is 10.00. The van der Waals surface area contributed by atoms with Gasteiger partial charge in [-0.15, -0.1) is 4.28 Å². The van der Waals surface area contributed by atoms with Gasteiger partial charge in [0.2, 0.25) is 0 Å². The third-order valence-electron chi connectivity index (χ3n) is 3.38. The van der Waals surface area contributed by atoms with Crippen LogP contribution in [0.1, 0.15) is 12.8 Å². The number of hydrogen-bond acceptors (Lipinski definition) is 7. The van der Waals surface area contributed by atoms with Crippen molar-refractivity contribution in [3.63, 3.8) is 0 Å². The number of amides is 3. The van der Waals surface area contributed by atoms with Gasteiger partial charge in [0.05, 0.1) is 12.1 Å². The van der Waals surface area contributed by atoms with Crippen LogP contribution in [0.15, 0.2) is 0 Å². The normalized spacial score (nSPS) is 24.5. The number of nitrogens with one attached hydrogen (secondary N) is 2. The van der Waals surface area contributed by atoms with Crippen molar-refractivity contribution in [2.45, 2.75) is 24.9 Å². The van der Waals surface area contributed by atoms with Gasteiger partial charge >= 0.3 is 16.4 Å². The highest BCUT2D eigenvalue weighted by Crippen LogP contribution is 2.30. The molecule has 2 bridgehead atoms. The number of urea groups is 1. The van der Waals surface area contributed by atoms with Gasteiger partial charge in [-0.2, -0.15) is 13.5 Å². The molecule has 0 aromatic carbocycles. The first kappa shape index (κ1) is 16.6. The van der Waals surface area contributed by atoms with E-state index in [1.54, 1.807) is 0 Å². The summed E-state index contributed by atoms with van der Waals surface area (Å²) in [6.07, 6.45) is 0.721. The Morgan fingerprint density at radius 3 is 2.77 bits per heavy atom. The molecule has 2 rings (SSSR count). The van der Waals surface area contributed by atoms with E-state index in [0.29, 0.717) is 17.9 Å². The Morgan fingerprint density at radius 1 is 1.50 bits per heavy atom. The molecule has 124 valence electrons. The minimum absolute atomic E-state index is 0.140.